The molecule has 0 aromatic heterocycles. The van der Waals surface area contributed by atoms with Crippen LogP contribution in [0.3, 0.4) is 0 Å². The maximum absolute atomic E-state index is 6.14. The fraction of sp³-hybridized carbons (Fsp3) is 0.200. The summed E-state index contributed by atoms with van der Waals surface area (Å²) in [5, 5.41) is 5.64. The van der Waals surface area contributed by atoms with Crippen molar-refractivity contribution in [3.8, 4) is 0 Å². The van der Waals surface area contributed by atoms with E-state index < -0.39 is 0 Å². The lowest BCUT2D eigenvalue weighted by Crippen LogP contribution is -2.11. The molecule has 0 fully saturated rings. The minimum absolute atomic E-state index is 0.240. The molecule has 2 aromatic carbocycles. The number of benzene rings is 2. The number of nitrogens with one attached hydrogen (secondary N) is 1. The van der Waals surface area contributed by atoms with Gasteiger partial charge in [0.15, 0.2) is 0 Å². The predicted octanol–water partition coefficient (Wildman–Crippen LogP) is 6.34. The van der Waals surface area contributed by atoms with E-state index in [0.717, 1.165) is 16.5 Å². The molecular formula is C15H14Cl3NS. The van der Waals surface area contributed by atoms with Crippen molar-refractivity contribution < 1.29 is 0 Å². The fourth-order valence-corrected chi connectivity index (χ4v) is 3.10. The molecular weight excluding hydrogens is 333 g/mol. The average Bonchev–Trinajstić information content (AvgIpc) is 2.41. The molecule has 0 bridgehead atoms. The highest BCUT2D eigenvalue weighted by Crippen LogP contribution is 2.28. The molecule has 0 aliphatic carbocycles. The van der Waals surface area contributed by atoms with Crippen LogP contribution in [0, 0.1) is 0 Å². The Morgan fingerprint density at radius 1 is 1.00 bits per heavy atom. The Kier molecular flexibility index (Phi) is 5.91. The van der Waals surface area contributed by atoms with Crippen LogP contribution in [-0.4, -0.2) is 5.37 Å². The van der Waals surface area contributed by atoms with Gasteiger partial charge < -0.3 is 5.32 Å². The van der Waals surface area contributed by atoms with E-state index in [0.29, 0.717) is 10.0 Å². The zero-order valence-electron chi connectivity index (χ0n) is 10.9. The molecule has 0 radical (unpaired) electrons. The predicted molar refractivity (Wildman–Crippen MR) is 92.3 cm³/mol. The van der Waals surface area contributed by atoms with E-state index in [2.05, 4.69) is 12.2 Å². The number of rotatable bonds is 5. The van der Waals surface area contributed by atoms with Gasteiger partial charge in [0.05, 0.1) is 16.1 Å². The number of anilines is 1. The molecule has 0 aliphatic heterocycles. The second-order valence-electron chi connectivity index (χ2n) is 4.35. The Bertz CT molecular complexity index is 572. The van der Waals surface area contributed by atoms with Crippen LogP contribution < -0.4 is 5.32 Å². The third-order valence-electron chi connectivity index (χ3n) is 2.70. The first kappa shape index (κ1) is 15.8. The highest BCUT2D eigenvalue weighted by molar-refractivity contribution is 7.99. The molecule has 1 atom stereocenters. The zero-order valence-corrected chi connectivity index (χ0v) is 14.0. The summed E-state index contributed by atoms with van der Waals surface area (Å²) in [4.78, 5) is 0. The monoisotopic (exact) mass is 345 g/mol. The Morgan fingerprint density at radius 2 is 1.65 bits per heavy atom. The quantitative estimate of drug-likeness (QED) is 0.634. The van der Waals surface area contributed by atoms with Crippen molar-refractivity contribution in [1.29, 1.82) is 0 Å². The van der Waals surface area contributed by atoms with Crippen LogP contribution in [-0.2, 0) is 5.75 Å². The van der Waals surface area contributed by atoms with E-state index in [9.17, 15) is 0 Å². The summed E-state index contributed by atoms with van der Waals surface area (Å²) in [5.41, 5.74) is 2.14. The SMILES string of the molecule is CC(Nc1ccc(Cl)cc1Cl)SCc1ccc(Cl)cc1. The minimum atomic E-state index is 0.240. The van der Waals surface area contributed by atoms with Crippen molar-refractivity contribution >= 4 is 52.3 Å². The molecule has 0 spiro atoms. The summed E-state index contributed by atoms with van der Waals surface area (Å²) >= 11 is 19.7. The summed E-state index contributed by atoms with van der Waals surface area (Å²) in [5.74, 6) is 0.913. The van der Waals surface area contributed by atoms with Crippen molar-refractivity contribution in [3.63, 3.8) is 0 Å². The van der Waals surface area contributed by atoms with Gasteiger partial charge in [0, 0.05) is 15.8 Å². The molecule has 1 N–H and O–H groups in total. The number of thioether (sulfide) groups is 1. The Balaban J connectivity index is 1.89. The standard InChI is InChI=1S/C15H14Cl3NS/c1-10(19-15-7-6-13(17)8-14(15)18)20-9-11-2-4-12(16)5-3-11/h2-8,10,19H,9H2,1H3. The molecule has 0 saturated heterocycles. The lowest BCUT2D eigenvalue weighted by atomic mass is 10.2. The normalized spacial score (nSPS) is 12.2. The molecule has 0 amide bonds. The van der Waals surface area contributed by atoms with E-state index in [4.69, 9.17) is 34.8 Å². The van der Waals surface area contributed by atoms with Crippen molar-refractivity contribution in [2.45, 2.75) is 18.1 Å². The van der Waals surface area contributed by atoms with E-state index in [1.165, 1.54) is 5.56 Å². The Morgan fingerprint density at radius 3 is 2.30 bits per heavy atom. The van der Waals surface area contributed by atoms with Gasteiger partial charge in [-0.2, -0.15) is 0 Å². The second kappa shape index (κ2) is 7.46. The van der Waals surface area contributed by atoms with E-state index >= 15 is 0 Å². The van der Waals surface area contributed by atoms with Crippen LogP contribution in [0.25, 0.3) is 0 Å². The largest absolute Gasteiger partial charge is 0.372 e. The van der Waals surface area contributed by atoms with Gasteiger partial charge in [0.1, 0.15) is 0 Å². The summed E-state index contributed by atoms with van der Waals surface area (Å²) < 4.78 is 0. The summed E-state index contributed by atoms with van der Waals surface area (Å²) in [7, 11) is 0. The lowest BCUT2D eigenvalue weighted by Gasteiger charge is -2.16. The van der Waals surface area contributed by atoms with Crippen molar-refractivity contribution in [2.24, 2.45) is 0 Å². The number of halogens is 3. The van der Waals surface area contributed by atoms with Gasteiger partial charge in [0.2, 0.25) is 0 Å². The molecule has 20 heavy (non-hydrogen) atoms. The van der Waals surface area contributed by atoms with Gasteiger partial charge in [-0.15, -0.1) is 11.8 Å². The maximum atomic E-state index is 6.14. The third-order valence-corrected chi connectivity index (χ3v) is 4.62. The zero-order chi connectivity index (χ0) is 14.5. The molecule has 2 rings (SSSR count). The van der Waals surface area contributed by atoms with Gasteiger partial charge in [0.25, 0.3) is 0 Å². The average molecular weight is 347 g/mol. The molecule has 5 heteroatoms. The van der Waals surface area contributed by atoms with Crippen LogP contribution in [0.2, 0.25) is 15.1 Å². The first-order valence-electron chi connectivity index (χ1n) is 6.12. The van der Waals surface area contributed by atoms with Crippen molar-refractivity contribution in [3.05, 3.63) is 63.1 Å². The van der Waals surface area contributed by atoms with Crippen LogP contribution in [0.4, 0.5) is 5.69 Å². The minimum Gasteiger partial charge on any atom is -0.372 e. The Hall–Kier alpha value is -0.540. The van der Waals surface area contributed by atoms with Gasteiger partial charge in [-0.1, -0.05) is 46.9 Å². The van der Waals surface area contributed by atoms with E-state index in [1.54, 1.807) is 17.8 Å². The van der Waals surface area contributed by atoms with Crippen LogP contribution in [0.5, 0.6) is 0 Å². The molecule has 106 valence electrons. The second-order valence-corrected chi connectivity index (χ2v) is 6.96. The molecule has 0 heterocycles. The number of hydrogen-bond acceptors (Lipinski definition) is 2. The van der Waals surface area contributed by atoms with Crippen LogP contribution >= 0.6 is 46.6 Å². The van der Waals surface area contributed by atoms with Gasteiger partial charge in [-0.25, -0.2) is 0 Å². The van der Waals surface area contributed by atoms with E-state index in [-0.39, 0.29) is 5.37 Å². The number of hydrogen-bond donors (Lipinski definition) is 1. The smallest absolute Gasteiger partial charge is 0.0698 e. The van der Waals surface area contributed by atoms with Crippen LogP contribution in [0.15, 0.2) is 42.5 Å². The van der Waals surface area contributed by atoms with E-state index in [1.807, 2.05) is 36.4 Å². The summed E-state index contributed by atoms with van der Waals surface area (Å²) in [6.45, 7) is 2.10. The summed E-state index contributed by atoms with van der Waals surface area (Å²) in [6, 6.07) is 13.4. The Labute approximate surface area is 138 Å². The summed E-state index contributed by atoms with van der Waals surface area (Å²) in [6.07, 6.45) is 0. The van der Waals surface area contributed by atoms with Gasteiger partial charge in [-0.05, 0) is 42.8 Å². The fourth-order valence-electron chi connectivity index (χ4n) is 1.67. The molecule has 1 unspecified atom stereocenters. The molecule has 0 aliphatic rings. The lowest BCUT2D eigenvalue weighted by molar-refractivity contribution is 1.12. The maximum Gasteiger partial charge on any atom is 0.0698 e. The van der Waals surface area contributed by atoms with Gasteiger partial charge in [-0.3, -0.25) is 0 Å². The highest BCUT2D eigenvalue weighted by atomic mass is 35.5. The highest BCUT2D eigenvalue weighted by Gasteiger charge is 2.06. The van der Waals surface area contributed by atoms with Crippen molar-refractivity contribution in [1.82, 2.24) is 0 Å². The first-order valence-corrected chi connectivity index (χ1v) is 8.30. The first-order chi connectivity index (χ1) is 9.54. The molecule has 2 aromatic rings. The van der Waals surface area contributed by atoms with Gasteiger partial charge >= 0.3 is 0 Å². The third kappa shape index (κ3) is 4.78. The van der Waals surface area contributed by atoms with Crippen LogP contribution in [0.1, 0.15) is 12.5 Å². The topological polar surface area (TPSA) is 12.0 Å². The molecule has 1 nitrogen and oxygen atoms in total. The molecule has 0 saturated carbocycles. The van der Waals surface area contributed by atoms with Crippen molar-refractivity contribution in [2.75, 3.05) is 5.32 Å².